The molecule has 1 aromatic rings. The molecule has 0 bridgehead atoms. The first-order valence-electron chi connectivity index (χ1n) is 4.51. The summed E-state index contributed by atoms with van der Waals surface area (Å²) in [4.78, 5) is -0.0193. The van der Waals surface area contributed by atoms with Crippen molar-refractivity contribution in [3.63, 3.8) is 0 Å². The highest BCUT2D eigenvalue weighted by molar-refractivity contribution is 9.10. The highest BCUT2D eigenvalue weighted by atomic mass is 79.9. The molecule has 0 amide bonds. The Hall–Kier alpha value is -0.260. The third-order valence-corrected chi connectivity index (χ3v) is 3.43. The number of aliphatic hydroxyl groups excluding tert-OH is 1. The van der Waals surface area contributed by atoms with E-state index in [0.717, 1.165) is 10.0 Å². The van der Waals surface area contributed by atoms with Crippen molar-refractivity contribution in [2.75, 3.05) is 6.79 Å². The summed E-state index contributed by atoms with van der Waals surface area (Å²) in [6.45, 7) is 2.13. The van der Waals surface area contributed by atoms with E-state index in [-0.39, 0.29) is 11.6 Å². The lowest BCUT2D eigenvalue weighted by molar-refractivity contribution is 0.172. The fourth-order valence-corrected chi connectivity index (χ4v) is 2.25. The quantitative estimate of drug-likeness (QED) is 0.843. The number of hydrogen-bond acceptors (Lipinski definition) is 3. The van der Waals surface area contributed by atoms with Crippen molar-refractivity contribution >= 4 is 31.9 Å². The molecule has 1 aliphatic rings. The highest BCUT2D eigenvalue weighted by Crippen LogP contribution is 2.40. The Kier molecular flexibility index (Phi) is 3.23. The first kappa shape index (κ1) is 11.2. The molecular weight excluding hydrogens is 328 g/mol. The van der Waals surface area contributed by atoms with Crippen molar-refractivity contribution in [2.45, 2.75) is 17.9 Å². The first-order chi connectivity index (χ1) is 7.09. The third kappa shape index (κ3) is 2.14. The standard InChI is InChI=1S/C10H10Br2O3/c1-5(11)10(13)6-2-8-9(3-7(6)12)15-4-14-8/h2-3,5,10,13H,4H2,1H3. The minimum Gasteiger partial charge on any atom is -0.454 e. The van der Waals surface area contributed by atoms with Crippen LogP contribution in [0.3, 0.4) is 0 Å². The van der Waals surface area contributed by atoms with Gasteiger partial charge in [0.2, 0.25) is 6.79 Å². The van der Waals surface area contributed by atoms with Crippen LogP contribution in [0.4, 0.5) is 0 Å². The molecule has 1 N–H and O–H groups in total. The molecule has 3 nitrogen and oxygen atoms in total. The number of benzene rings is 1. The fraction of sp³-hybridized carbons (Fsp3) is 0.400. The molecule has 82 valence electrons. The van der Waals surface area contributed by atoms with E-state index in [4.69, 9.17) is 9.47 Å². The maximum absolute atomic E-state index is 9.94. The van der Waals surface area contributed by atoms with E-state index >= 15 is 0 Å². The molecule has 1 aromatic carbocycles. The van der Waals surface area contributed by atoms with Gasteiger partial charge in [-0.2, -0.15) is 0 Å². The van der Waals surface area contributed by atoms with Gasteiger partial charge in [-0.1, -0.05) is 31.9 Å². The topological polar surface area (TPSA) is 38.7 Å². The maximum atomic E-state index is 9.94. The molecule has 1 aliphatic heterocycles. The Morgan fingerprint density at radius 1 is 1.33 bits per heavy atom. The Bertz CT molecular complexity index is 379. The summed E-state index contributed by atoms with van der Waals surface area (Å²) in [7, 11) is 0. The molecular formula is C10H10Br2O3. The van der Waals surface area contributed by atoms with Crippen molar-refractivity contribution in [3.8, 4) is 11.5 Å². The summed E-state index contributed by atoms with van der Waals surface area (Å²) in [6, 6.07) is 3.62. The van der Waals surface area contributed by atoms with Gasteiger partial charge >= 0.3 is 0 Å². The van der Waals surface area contributed by atoms with Crippen LogP contribution < -0.4 is 9.47 Å². The van der Waals surface area contributed by atoms with Gasteiger partial charge in [-0.25, -0.2) is 0 Å². The van der Waals surface area contributed by atoms with Crippen molar-refractivity contribution in [3.05, 3.63) is 22.2 Å². The second-order valence-corrected chi connectivity index (χ2v) is 5.65. The fourth-order valence-electron chi connectivity index (χ4n) is 1.41. The van der Waals surface area contributed by atoms with Crippen LogP contribution in [0.5, 0.6) is 11.5 Å². The molecule has 0 spiro atoms. The van der Waals surface area contributed by atoms with E-state index in [9.17, 15) is 5.11 Å². The summed E-state index contributed by atoms with van der Waals surface area (Å²) in [6.07, 6.45) is -0.575. The monoisotopic (exact) mass is 336 g/mol. The van der Waals surface area contributed by atoms with Crippen LogP contribution in [-0.4, -0.2) is 16.7 Å². The zero-order chi connectivity index (χ0) is 11.0. The van der Waals surface area contributed by atoms with E-state index < -0.39 is 6.10 Å². The number of halogens is 2. The van der Waals surface area contributed by atoms with Crippen LogP contribution in [0.15, 0.2) is 16.6 Å². The molecule has 15 heavy (non-hydrogen) atoms. The van der Waals surface area contributed by atoms with E-state index in [2.05, 4.69) is 31.9 Å². The van der Waals surface area contributed by atoms with Gasteiger partial charge in [-0.3, -0.25) is 0 Å². The van der Waals surface area contributed by atoms with Crippen LogP contribution in [0, 0.1) is 0 Å². The lowest BCUT2D eigenvalue weighted by Gasteiger charge is -2.15. The molecule has 0 saturated carbocycles. The Balaban J connectivity index is 2.40. The minimum absolute atomic E-state index is 0.0193. The lowest BCUT2D eigenvalue weighted by Crippen LogP contribution is -2.08. The SMILES string of the molecule is CC(Br)C(O)c1cc2c(cc1Br)OCO2. The second kappa shape index (κ2) is 4.31. The molecule has 0 aliphatic carbocycles. The Morgan fingerprint density at radius 3 is 2.53 bits per heavy atom. The molecule has 0 fully saturated rings. The molecule has 1 heterocycles. The zero-order valence-corrected chi connectivity index (χ0v) is 11.2. The predicted octanol–water partition coefficient (Wildman–Crippen LogP) is 2.99. The van der Waals surface area contributed by atoms with Crippen molar-refractivity contribution in [1.29, 1.82) is 0 Å². The van der Waals surface area contributed by atoms with Crippen LogP contribution >= 0.6 is 31.9 Å². The summed E-state index contributed by atoms with van der Waals surface area (Å²) in [5, 5.41) is 9.94. The van der Waals surface area contributed by atoms with Gasteiger partial charge in [0, 0.05) is 9.30 Å². The Labute approximate surface area is 105 Å². The van der Waals surface area contributed by atoms with Crippen molar-refractivity contribution < 1.29 is 14.6 Å². The highest BCUT2D eigenvalue weighted by Gasteiger charge is 2.22. The van der Waals surface area contributed by atoms with Crippen LogP contribution in [0.2, 0.25) is 0 Å². The molecule has 0 radical (unpaired) electrons. The number of ether oxygens (including phenoxy) is 2. The predicted molar refractivity (Wildman–Crippen MR) is 63.6 cm³/mol. The maximum Gasteiger partial charge on any atom is 0.231 e. The van der Waals surface area contributed by atoms with E-state index in [1.54, 1.807) is 6.07 Å². The summed E-state index contributed by atoms with van der Waals surface area (Å²) in [5.74, 6) is 1.39. The summed E-state index contributed by atoms with van der Waals surface area (Å²) >= 11 is 6.75. The van der Waals surface area contributed by atoms with Gasteiger partial charge < -0.3 is 14.6 Å². The molecule has 2 rings (SSSR count). The molecule has 2 atom stereocenters. The first-order valence-corrected chi connectivity index (χ1v) is 6.21. The number of rotatable bonds is 2. The zero-order valence-electron chi connectivity index (χ0n) is 8.04. The van der Waals surface area contributed by atoms with E-state index in [0.29, 0.717) is 11.5 Å². The van der Waals surface area contributed by atoms with Gasteiger partial charge in [0.25, 0.3) is 0 Å². The smallest absolute Gasteiger partial charge is 0.231 e. The summed E-state index contributed by atoms with van der Waals surface area (Å²) in [5.41, 5.74) is 0.795. The molecule has 0 saturated heterocycles. The van der Waals surface area contributed by atoms with Crippen LogP contribution in [-0.2, 0) is 0 Å². The van der Waals surface area contributed by atoms with Gasteiger partial charge in [0.1, 0.15) is 0 Å². The second-order valence-electron chi connectivity index (χ2n) is 3.35. The van der Waals surface area contributed by atoms with Crippen LogP contribution in [0.1, 0.15) is 18.6 Å². The van der Waals surface area contributed by atoms with Gasteiger partial charge in [0.05, 0.1) is 6.10 Å². The van der Waals surface area contributed by atoms with Gasteiger partial charge in [-0.15, -0.1) is 0 Å². The number of alkyl halides is 1. The number of aliphatic hydroxyl groups is 1. The van der Waals surface area contributed by atoms with E-state index in [1.165, 1.54) is 0 Å². The van der Waals surface area contributed by atoms with E-state index in [1.807, 2.05) is 13.0 Å². The normalized spacial score (nSPS) is 17.6. The van der Waals surface area contributed by atoms with Crippen molar-refractivity contribution in [1.82, 2.24) is 0 Å². The minimum atomic E-state index is -0.575. The molecule has 5 heteroatoms. The average molecular weight is 338 g/mol. The Morgan fingerprint density at radius 2 is 1.93 bits per heavy atom. The largest absolute Gasteiger partial charge is 0.454 e. The van der Waals surface area contributed by atoms with Crippen LogP contribution in [0.25, 0.3) is 0 Å². The third-order valence-electron chi connectivity index (χ3n) is 2.25. The summed E-state index contributed by atoms with van der Waals surface area (Å²) < 4.78 is 11.3. The number of fused-ring (bicyclic) bond motifs is 1. The number of hydrogen-bond donors (Lipinski definition) is 1. The van der Waals surface area contributed by atoms with Gasteiger partial charge in [-0.05, 0) is 24.6 Å². The van der Waals surface area contributed by atoms with Crippen molar-refractivity contribution in [2.24, 2.45) is 0 Å². The molecule has 0 aromatic heterocycles. The van der Waals surface area contributed by atoms with Gasteiger partial charge in [0.15, 0.2) is 11.5 Å². The average Bonchev–Trinajstić information content (AvgIpc) is 2.62. The lowest BCUT2D eigenvalue weighted by atomic mass is 10.1. The molecule has 2 unspecified atom stereocenters.